The summed E-state index contributed by atoms with van der Waals surface area (Å²) < 4.78 is 5.24. The average molecular weight is 404 g/mol. The molecule has 1 atom stereocenters. The first-order valence-corrected chi connectivity index (χ1v) is 9.64. The molecule has 0 radical (unpaired) electrons. The highest BCUT2D eigenvalue weighted by atomic mass is 32.2. The lowest BCUT2D eigenvalue weighted by Crippen LogP contribution is -2.51. The van der Waals surface area contributed by atoms with E-state index in [4.69, 9.17) is 4.74 Å². The lowest BCUT2D eigenvalue weighted by Gasteiger charge is -2.33. The molecule has 148 valence electrons. The number of likely N-dealkylation sites (tertiary alicyclic amines) is 1. The van der Waals surface area contributed by atoms with Gasteiger partial charge in [-0.15, -0.1) is 0 Å². The molecule has 2 aliphatic heterocycles. The summed E-state index contributed by atoms with van der Waals surface area (Å²) in [6, 6.07) is 6.15. The van der Waals surface area contributed by atoms with E-state index < -0.39 is 35.6 Å². The topological polar surface area (TPSA) is 104 Å². The van der Waals surface area contributed by atoms with Crippen molar-refractivity contribution >= 4 is 40.9 Å². The molecule has 0 saturated carbocycles. The Morgan fingerprint density at radius 3 is 2.75 bits per heavy atom. The molecule has 0 bridgehead atoms. The molecule has 3 amide bonds. The molecule has 0 spiro atoms. The minimum Gasteiger partial charge on any atom is -0.496 e. The summed E-state index contributed by atoms with van der Waals surface area (Å²) in [5, 5.41) is 8.76. The Bertz CT molecular complexity index is 853. The fraction of sp³-hybridized carbons (Fsp3) is 0.368. The van der Waals surface area contributed by atoms with Crippen molar-refractivity contribution < 1.29 is 29.0 Å². The number of imide groups is 1. The number of nitrogens with zero attached hydrogens (tertiary/aromatic N) is 2. The molecule has 1 N–H and O–H groups in total. The second kappa shape index (κ2) is 8.47. The average Bonchev–Trinajstić information content (AvgIpc) is 2.95. The first-order valence-electron chi connectivity index (χ1n) is 8.83. The van der Waals surface area contributed by atoms with Gasteiger partial charge in [-0.1, -0.05) is 18.2 Å². The Labute approximate surface area is 166 Å². The maximum Gasteiger partial charge on any atom is 0.326 e. The van der Waals surface area contributed by atoms with Crippen molar-refractivity contribution in [3.8, 4) is 5.75 Å². The summed E-state index contributed by atoms with van der Waals surface area (Å²) in [4.78, 5) is 51.2. The Morgan fingerprint density at radius 1 is 1.29 bits per heavy atom. The molecule has 2 fully saturated rings. The van der Waals surface area contributed by atoms with Crippen LogP contribution in [0.4, 0.5) is 4.79 Å². The summed E-state index contributed by atoms with van der Waals surface area (Å²) in [6.45, 7) is -0.152. The van der Waals surface area contributed by atoms with Gasteiger partial charge in [-0.2, -0.15) is 0 Å². The number of carbonyl (C=O) groups excluding carboxylic acids is 3. The molecular formula is C19H20N2O6S. The van der Waals surface area contributed by atoms with Crippen molar-refractivity contribution in [1.29, 1.82) is 0 Å². The highest BCUT2D eigenvalue weighted by Gasteiger charge is 2.39. The van der Waals surface area contributed by atoms with E-state index in [1.165, 1.54) is 12.0 Å². The monoisotopic (exact) mass is 404 g/mol. The van der Waals surface area contributed by atoms with Gasteiger partial charge in [0, 0.05) is 12.1 Å². The van der Waals surface area contributed by atoms with Crippen LogP contribution in [0.5, 0.6) is 5.75 Å². The van der Waals surface area contributed by atoms with Crippen LogP contribution < -0.4 is 4.74 Å². The first kappa shape index (κ1) is 19.9. The number of benzene rings is 1. The molecule has 2 heterocycles. The highest BCUT2D eigenvalue weighted by Crippen LogP contribution is 2.34. The maximum absolute atomic E-state index is 12.6. The summed E-state index contributed by atoms with van der Waals surface area (Å²) in [7, 11) is 1.51. The quantitative estimate of drug-likeness (QED) is 0.750. The van der Waals surface area contributed by atoms with E-state index in [0.29, 0.717) is 30.7 Å². The minimum absolute atomic E-state index is 0.190. The van der Waals surface area contributed by atoms with Crippen LogP contribution in [0.25, 0.3) is 6.08 Å². The number of ether oxygens (including phenoxy) is 1. The number of carbonyl (C=O) groups is 4. The predicted molar refractivity (Wildman–Crippen MR) is 103 cm³/mol. The third-order valence-corrected chi connectivity index (χ3v) is 5.61. The van der Waals surface area contributed by atoms with Crippen molar-refractivity contribution in [3.63, 3.8) is 0 Å². The lowest BCUT2D eigenvalue weighted by molar-refractivity contribution is -0.152. The zero-order valence-corrected chi connectivity index (χ0v) is 16.1. The third-order valence-electron chi connectivity index (χ3n) is 4.70. The third kappa shape index (κ3) is 4.04. The minimum atomic E-state index is -1.07. The number of piperidine rings is 1. The molecule has 2 saturated heterocycles. The van der Waals surface area contributed by atoms with Crippen LogP contribution in [0.3, 0.4) is 0 Å². The highest BCUT2D eigenvalue weighted by molar-refractivity contribution is 8.18. The van der Waals surface area contributed by atoms with E-state index >= 15 is 0 Å². The van der Waals surface area contributed by atoms with Gasteiger partial charge < -0.3 is 14.7 Å². The standard InChI is InChI=1S/C19H20N2O6S/c1-27-14-8-3-2-6-12(14)10-15-17(23)21(19(26)28-15)11-16(22)20-9-5-4-7-13(20)18(24)25/h2-3,6,8,10,13H,4-5,7,9,11H2,1H3,(H,24,25)/b15-10-/t13-/m0/s1. The summed E-state index contributed by atoms with van der Waals surface area (Å²) in [5.41, 5.74) is 0.642. The van der Waals surface area contributed by atoms with Crippen LogP contribution in [-0.4, -0.2) is 64.2 Å². The SMILES string of the molecule is COc1ccccc1/C=C1\SC(=O)N(CC(=O)N2CCCC[C@H]2C(=O)O)C1=O. The van der Waals surface area contributed by atoms with Crippen molar-refractivity contribution in [2.45, 2.75) is 25.3 Å². The number of para-hydroxylation sites is 1. The summed E-state index contributed by atoms with van der Waals surface area (Å²) in [6.07, 6.45) is 3.35. The van der Waals surface area contributed by atoms with Gasteiger partial charge in [0.05, 0.1) is 12.0 Å². The van der Waals surface area contributed by atoms with Gasteiger partial charge in [0.25, 0.3) is 11.1 Å². The zero-order chi connectivity index (χ0) is 20.3. The Hall–Kier alpha value is -2.81. The van der Waals surface area contributed by atoms with Gasteiger partial charge in [0.2, 0.25) is 5.91 Å². The molecule has 1 aromatic rings. The molecule has 0 aromatic heterocycles. The number of carboxylic acid groups (broad SMARTS) is 1. The largest absolute Gasteiger partial charge is 0.496 e. The zero-order valence-electron chi connectivity index (χ0n) is 15.3. The van der Waals surface area contributed by atoms with Crippen molar-refractivity contribution in [2.24, 2.45) is 0 Å². The van der Waals surface area contributed by atoms with Crippen molar-refractivity contribution in [2.75, 3.05) is 20.2 Å². The van der Waals surface area contributed by atoms with Crippen LogP contribution in [0.15, 0.2) is 29.2 Å². The second-order valence-corrected chi connectivity index (χ2v) is 7.44. The first-order chi connectivity index (χ1) is 13.4. The van der Waals surface area contributed by atoms with Crippen LogP contribution in [-0.2, 0) is 14.4 Å². The van der Waals surface area contributed by atoms with Crippen molar-refractivity contribution in [3.05, 3.63) is 34.7 Å². The smallest absolute Gasteiger partial charge is 0.326 e. The van der Waals surface area contributed by atoms with E-state index in [2.05, 4.69) is 0 Å². The summed E-state index contributed by atoms with van der Waals surface area (Å²) in [5.74, 6) is -1.62. The van der Waals surface area contributed by atoms with Gasteiger partial charge in [-0.3, -0.25) is 19.3 Å². The van der Waals surface area contributed by atoms with Gasteiger partial charge >= 0.3 is 5.97 Å². The number of rotatable bonds is 5. The Kier molecular flexibility index (Phi) is 6.03. The molecule has 0 unspecified atom stereocenters. The van der Waals surface area contributed by atoms with Crippen LogP contribution >= 0.6 is 11.8 Å². The molecule has 9 heteroatoms. The predicted octanol–water partition coefficient (Wildman–Crippen LogP) is 2.20. The van der Waals surface area contributed by atoms with Crippen LogP contribution in [0, 0.1) is 0 Å². The van der Waals surface area contributed by atoms with E-state index in [1.54, 1.807) is 30.3 Å². The number of carboxylic acids is 1. The Morgan fingerprint density at radius 2 is 2.04 bits per heavy atom. The maximum atomic E-state index is 12.6. The molecule has 8 nitrogen and oxygen atoms in total. The molecule has 1 aromatic carbocycles. The molecule has 0 aliphatic carbocycles. The van der Waals surface area contributed by atoms with Gasteiger partial charge in [0.1, 0.15) is 18.3 Å². The molecular weight excluding hydrogens is 384 g/mol. The number of methoxy groups -OCH3 is 1. The Balaban J connectivity index is 1.76. The van der Waals surface area contributed by atoms with Gasteiger partial charge in [0.15, 0.2) is 0 Å². The van der Waals surface area contributed by atoms with E-state index in [0.717, 1.165) is 23.1 Å². The van der Waals surface area contributed by atoms with Crippen LogP contribution in [0.2, 0.25) is 0 Å². The second-order valence-electron chi connectivity index (χ2n) is 6.45. The van der Waals surface area contributed by atoms with E-state index in [9.17, 15) is 24.3 Å². The molecule has 2 aliphatic rings. The van der Waals surface area contributed by atoms with Gasteiger partial charge in [-0.25, -0.2) is 4.79 Å². The van der Waals surface area contributed by atoms with Crippen molar-refractivity contribution in [1.82, 2.24) is 9.80 Å². The summed E-state index contributed by atoms with van der Waals surface area (Å²) >= 11 is 0.747. The van der Waals surface area contributed by atoms with Crippen LogP contribution in [0.1, 0.15) is 24.8 Å². The fourth-order valence-electron chi connectivity index (χ4n) is 3.28. The molecule has 3 rings (SSSR count). The van der Waals surface area contributed by atoms with Gasteiger partial charge in [-0.05, 0) is 43.2 Å². The number of thioether (sulfide) groups is 1. The van der Waals surface area contributed by atoms with E-state index in [1.807, 2.05) is 0 Å². The molecule has 28 heavy (non-hydrogen) atoms. The number of aliphatic carboxylic acids is 1. The lowest BCUT2D eigenvalue weighted by atomic mass is 10.0. The number of amides is 3. The van der Waals surface area contributed by atoms with E-state index in [-0.39, 0.29) is 4.91 Å². The fourth-order valence-corrected chi connectivity index (χ4v) is 4.11. The normalized spacial score (nSPS) is 21.3. The number of hydrogen-bond donors (Lipinski definition) is 1. The number of hydrogen-bond acceptors (Lipinski definition) is 6.